The van der Waals surface area contributed by atoms with Gasteiger partial charge in [0.15, 0.2) is 0 Å². The first kappa shape index (κ1) is 26.2. The zero-order valence-corrected chi connectivity index (χ0v) is 21.0. The van der Waals surface area contributed by atoms with E-state index in [1.807, 2.05) is 13.8 Å². The summed E-state index contributed by atoms with van der Waals surface area (Å²) in [5.74, 6) is -1.22. The number of nitrogens with zero attached hydrogens (tertiary/aromatic N) is 2. The molecule has 0 spiro atoms. The van der Waals surface area contributed by atoms with Gasteiger partial charge in [-0.2, -0.15) is 0 Å². The van der Waals surface area contributed by atoms with Crippen LogP contribution in [0.15, 0.2) is 53.4 Å². The largest absolute Gasteiger partial charge is 0.496 e. The third kappa shape index (κ3) is 6.00. The lowest BCUT2D eigenvalue weighted by atomic mass is 10.2. The third-order valence-corrected chi connectivity index (χ3v) is 7.78. The summed E-state index contributed by atoms with van der Waals surface area (Å²) in [6.07, 6.45) is 1.15. The topological polar surface area (TPSA) is 113 Å². The van der Waals surface area contributed by atoms with Gasteiger partial charge in [-0.15, -0.1) is 0 Å². The number of amides is 3. The van der Waals surface area contributed by atoms with Crippen LogP contribution in [0.2, 0.25) is 0 Å². The van der Waals surface area contributed by atoms with Crippen LogP contribution in [0.1, 0.15) is 35.7 Å². The maximum absolute atomic E-state index is 13.5. The molecular weight excluding hydrogens is 470 g/mol. The molecule has 9 nitrogen and oxygen atoms in total. The quantitative estimate of drug-likeness (QED) is 0.592. The molecule has 1 atom stereocenters. The van der Waals surface area contributed by atoms with Gasteiger partial charge in [0.25, 0.3) is 11.8 Å². The second kappa shape index (κ2) is 11.4. The molecule has 1 N–H and O–H groups in total. The SMILES string of the molecule is CCCC(=O)N1CCN(C(=O)[C@@H](NC(=O)c2ccccc2OC)S(=O)(=O)c2ccc(C)cc2)CC1. The maximum atomic E-state index is 13.5. The number of methoxy groups -OCH3 is 1. The fourth-order valence-electron chi connectivity index (χ4n) is 3.88. The highest BCUT2D eigenvalue weighted by Crippen LogP contribution is 2.21. The van der Waals surface area contributed by atoms with Crippen molar-refractivity contribution in [3.63, 3.8) is 0 Å². The summed E-state index contributed by atoms with van der Waals surface area (Å²) in [5, 5.41) is 0.601. The Labute approximate surface area is 206 Å². The van der Waals surface area contributed by atoms with Crippen LogP contribution in [0.3, 0.4) is 0 Å². The summed E-state index contributed by atoms with van der Waals surface area (Å²) >= 11 is 0. The standard InChI is InChI=1S/C25H31N3O6S/c1-4-7-22(29)27-14-16-28(17-15-27)25(31)24(35(32,33)19-12-10-18(2)11-13-19)26-23(30)20-8-5-6-9-21(20)34-3/h5-6,8-13,24H,4,7,14-17H2,1-3H3,(H,26,30)/t24-/m0/s1. The minimum Gasteiger partial charge on any atom is -0.496 e. The molecule has 35 heavy (non-hydrogen) atoms. The van der Waals surface area contributed by atoms with E-state index >= 15 is 0 Å². The third-order valence-electron chi connectivity index (χ3n) is 5.91. The number of nitrogens with one attached hydrogen (secondary N) is 1. The van der Waals surface area contributed by atoms with E-state index in [2.05, 4.69) is 5.32 Å². The molecule has 1 aliphatic rings. The lowest BCUT2D eigenvalue weighted by Crippen LogP contribution is -2.57. The molecule has 1 heterocycles. The van der Waals surface area contributed by atoms with Crippen molar-refractivity contribution >= 4 is 27.6 Å². The minimum absolute atomic E-state index is 0.00732. The van der Waals surface area contributed by atoms with Crippen molar-refractivity contribution in [3.8, 4) is 5.75 Å². The van der Waals surface area contributed by atoms with Crippen molar-refractivity contribution in [2.45, 2.75) is 37.0 Å². The minimum atomic E-state index is -4.27. The van der Waals surface area contributed by atoms with E-state index in [0.29, 0.717) is 19.5 Å². The number of sulfone groups is 1. The Bertz CT molecular complexity index is 1170. The van der Waals surface area contributed by atoms with Gasteiger partial charge in [-0.3, -0.25) is 14.4 Å². The number of benzene rings is 2. The Hall–Kier alpha value is -3.40. The van der Waals surface area contributed by atoms with Gasteiger partial charge in [-0.05, 0) is 37.6 Å². The molecule has 1 saturated heterocycles. The van der Waals surface area contributed by atoms with E-state index in [4.69, 9.17) is 4.74 Å². The molecular formula is C25H31N3O6S. The van der Waals surface area contributed by atoms with Crippen molar-refractivity contribution in [1.82, 2.24) is 15.1 Å². The second-order valence-electron chi connectivity index (χ2n) is 8.37. The number of hydrogen-bond acceptors (Lipinski definition) is 6. The van der Waals surface area contributed by atoms with Gasteiger partial charge in [0.2, 0.25) is 21.1 Å². The summed E-state index contributed by atoms with van der Waals surface area (Å²) in [4.78, 5) is 41.8. The van der Waals surface area contributed by atoms with Crippen molar-refractivity contribution in [3.05, 3.63) is 59.7 Å². The average molecular weight is 502 g/mol. The van der Waals surface area contributed by atoms with Gasteiger partial charge in [0.1, 0.15) is 5.75 Å². The van der Waals surface area contributed by atoms with Crippen LogP contribution in [-0.4, -0.2) is 74.6 Å². The summed E-state index contributed by atoms with van der Waals surface area (Å²) in [6, 6.07) is 12.5. The molecule has 2 aromatic carbocycles. The van der Waals surface area contributed by atoms with E-state index in [0.717, 1.165) is 12.0 Å². The zero-order chi connectivity index (χ0) is 25.6. The summed E-state index contributed by atoms with van der Waals surface area (Å²) in [7, 11) is -2.87. The van der Waals surface area contributed by atoms with Crippen LogP contribution in [0.4, 0.5) is 0 Å². The first-order valence-corrected chi connectivity index (χ1v) is 13.0. The number of para-hydroxylation sites is 1. The van der Waals surface area contributed by atoms with Gasteiger partial charge < -0.3 is 19.9 Å². The molecule has 2 aromatic rings. The van der Waals surface area contributed by atoms with Crippen LogP contribution in [0.25, 0.3) is 0 Å². The predicted octanol–water partition coefficient (Wildman–Crippen LogP) is 2.00. The molecule has 1 fully saturated rings. The Morgan fingerprint density at radius 2 is 1.57 bits per heavy atom. The van der Waals surface area contributed by atoms with Crippen molar-refractivity contribution < 1.29 is 27.5 Å². The summed E-state index contributed by atoms with van der Waals surface area (Å²) in [5.41, 5.74) is 0.972. The fourth-order valence-corrected chi connectivity index (χ4v) is 5.34. The maximum Gasteiger partial charge on any atom is 0.261 e. The number of hydrogen-bond donors (Lipinski definition) is 1. The molecule has 3 rings (SSSR count). The lowest BCUT2D eigenvalue weighted by molar-refractivity contribution is -0.139. The van der Waals surface area contributed by atoms with Crippen molar-refractivity contribution in [2.75, 3.05) is 33.3 Å². The van der Waals surface area contributed by atoms with Crippen LogP contribution in [0, 0.1) is 6.92 Å². The fraction of sp³-hybridized carbons (Fsp3) is 0.400. The van der Waals surface area contributed by atoms with E-state index < -0.39 is 27.0 Å². The smallest absolute Gasteiger partial charge is 0.261 e. The normalized spacial score (nSPS) is 14.8. The van der Waals surface area contributed by atoms with Gasteiger partial charge in [-0.25, -0.2) is 8.42 Å². The number of rotatable bonds is 8. The van der Waals surface area contributed by atoms with Crippen LogP contribution in [-0.2, 0) is 19.4 Å². The Morgan fingerprint density at radius 1 is 0.971 bits per heavy atom. The molecule has 3 amide bonds. The number of carbonyl (C=O) groups is 3. The monoisotopic (exact) mass is 501 g/mol. The second-order valence-corrected chi connectivity index (χ2v) is 10.4. The van der Waals surface area contributed by atoms with Gasteiger partial charge in [0, 0.05) is 32.6 Å². The number of carbonyl (C=O) groups excluding carboxylic acids is 3. The number of piperazine rings is 1. The van der Waals surface area contributed by atoms with Gasteiger partial charge in [-0.1, -0.05) is 36.8 Å². The lowest BCUT2D eigenvalue weighted by Gasteiger charge is -2.36. The molecule has 1 aliphatic heterocycles. The number of ether oxygens (including phenoxy) is 1. The van der Waals surface area contributed by atoms with Gasteiger partial charge >= 0.3 is 0 Å². The van der Waals surface area contributed by atoms with Crippen LogP contribution < -0.4 is 10.1 Å². The summed E-state index contributed by atoms with van der Waals surface area (Å²) in [6.45, 7) is 4.71. The first-order chi connectivity index (χ1) is 16.7. The molecule has 0 saturated carbocycles. The Morgan fingerprint density at radius 3 is 2.17 bits per heavy atom. The highest BCUT2D eigenvalue weighted by molar-refractivity contribution is 7.92. The molecule has 0 bridgehead atoms. The zero-order valence-electron chi connectivity index (χ0n) is 20.2. The van der Waals surface area contributed by atoms with Crippen LogP contribution >= 0.6 is 0 Å². The molecule has 188 valence electrons. The molecule has 10 heteroatoms. The molecule has 0 unspecified atom stereocenters. The van der Waals surface area contributed by atoms with E-state index in [-0.39, 0.29) is 35.2 Å². The van der Waals surface area contributed by atoms with Crippen molar-refractivity contribution in [2.24, 2.45) is 0 Å². The highest BCUT2D eigenvalue weighted by atomic mass is 32.2. The van der Waals surface area contributed by atoms with Crippen molar-refractivity contribution in [1.29, 1.82) is 0 Å². The Balaban J connectivity index is 1.89. The Kier molecular flexibility index (Phi) is 8.50. The van der Waals surface area contributed by atoms with E-state index in [9.17, 15) is 22.8 Å². The molecule has 0 aromatic heterocycles. The predicted molar refractivity (Wildman–Crippen MR) is 131 cm³/mol. The van der Waals surface area contributed by atoms with Crippen LogP contribution in [0.5, 0.6) is 5.75 Å². The molecule has 0 radical (unpaired) electrons. The number of aryl methyl sites for hydroxylation is 1. The first-order valence-electron chi connectivity index (χ1n) is 11.5. The highest BCUT2D eigenvalue weighted by Gasteiger charge is 2.39. The summed E-state index contributed by atoms with van der Waals surface area (Å²) < 4.78 is 32.3. The van der Waals surface area contributed by atoms with Gasteiger partial charge in [0.05, 0.1) is 17.6 Å². The average Bonchev–Trinajstić information content (AvgIpc) is 2.87. The molecule has 0 aliphatic carbocycles. The van der Waals surface area contributed by atoms with E-state index in [1.54, 1.807) is 35.2 Å². The van der Waals surface area contributed by atoms with E-state index in [1.165, 1.54) is 30.2 Å².